The zero-order chi connectivity index (χ0) is 13.9. The summed E-state index contributed by atoms with van der Waals surface area (Å²) in [5.41, 5.74) is 3.30. The average Bonchev–Trinajstić information content (AvgIpc) is 3.12. The van der Waals surface area contributed by atoms with E-state index in [9.17, 15) is 4.79 Å². The van der Waals surface area contributed by atoms with E-state index in [1.807, 2.05) is 17.9 Å². The fourth-order valence-electron chi connectivity index (χ4n) is 2.73. The Morgan fingerprint density at radius 2 is 2.45 bits per heavy atom. The third-order valence-corrected chi connectivity index (χ3v) is 3.92. The lowest BCUT2D eigenvalue weighted by atomic mass is 10.2. The number of fused-ring (bicyclic) bond motifs is 1. The lowest BCUT2D eigenvalue weighted by Crippen LogP contribution is -2.34. The first-order valence-corrected chi connectivity index (χ1v) is 7.19. The Morgan fingerprint density at radius 1 is 1.55 bits per heavy atom. The Morgan fingerprint density at radius 3 is 3.30 bits per heavy atom. The van der Waals surface area contributed by atoms with E-state index in [2.05, 4.69) is 27.4 Å². The van der Waals surface area contributed by atoms with E-state index in [0.29, 0.717) is 12.5 Å². The molecule has 1 aliphatic heterocycles. The maximum Gasteiger partial charge on any atom is 0.222 e. The first-order chi connectivity index (χ1) is 9.76. The predicted molar refractivity (Wildman–Crippen MR) is 78.2 cm³/mol. The number of aromatic amines is 1. The molecule has 1 saturated heterocycles. The van der Waals surface area contributed by atoms with E-state index < -0.39 is 0 Å². The van der Waals surface area contributed by atoms with Gasteiger partial charge in [0.2, 0.25) is 5.91 Å². The van der Waals surface area contributed by atoms with Gasteiger partial charge >= 0.3 is 0 Å². The fraction of sp³-hybridized carbons (Fsp3) is 0.467. The molecule has 106 valence electrons. The first-order valence-electron chi connectivity index (χ1n) is 7.19. The number of amides is 1. The van der Waals surface area contributed by atoms with Crippen LogP contribution < -0.4 is 5.32 Å². The van der Waals surface area contributed by atoms with E-state index >= 15 is 0 Å². The van der Waals surface area contributed by atoms with Crippen LogP contribution in [0.2, 0.25) is 0 Å². The summed E-state index contributed by atoms with van der Waals surface area (Å²) in [4.78, 5) is 20.9. The van der Waals surface area contributed by atoms with Crippen LogP contribution in [0.1, 0.15) is 25.3 Å². The number of carbonyl (C=O) groups excluding carboxylic acids is 1. The van der Waals surface area contributed by atoms with Crippen molar-refractivity contribution in [2.75, 3.05) is 13.1 Å². The second kappa shape index (κ2) is 5.63. The number of H-pyrrole nitrogens is 1. The van der Waals surface area contributed by atoms with Crippen molar-refractivity contribution in [3.8, 4) is 0 Å². The highest BCUT2D eigenvalue weighted by atomic mass is 16.2. The van der Waals surface area contributed by atoms with Crippen molar-refractivity contribution >= 4 is 16.9 Å². The Hall–Kier alpha value is -1.88. The highest BCUT2D eigenvalue weighted by Crippen LogP contribution is 2.14. The van der Waals surface area contributed by atoms with Gasteiger partial charge in [0.1, 0.15) is 0 Å². The first kappa shape index (κ1) is 13.1. The maximum atomic E-state index is 11.6. The number of imidazole rings is 1. The molecule has 2 aromatic rings. The van der Waals surface area contributed by atoms with Gasteiger partial charge in [-0.15, -0.1) is 0 Å². The SMILES string of the molecule is CCC(=O)N1CCC(NCc2ccc3nc[nH]c3c2)C1. The van der Waals surface area contributed by atoms with Gasteiger partial charge in [-0.3, -0.25) is 4.79 Å². The number of rotatable bonds is 4. The summed E-state index contributed by atoms with van der Waals surface area (Å²) in [6.45, 7) is 4.46. The monoisotopic (exact) mass is 272 g/mol. The number of nitrogens with one attached hydrogen (secondary N) is 2. The third kappa shape index (κ3) is 2.67. The summed E-state index contributed by atoms with van der Waals surface area (Å²) in [7, 11) is 0. The van der Waals surface area contributed by atoms with Crippen LogP contribution in [0.5, 0.6) is 0 Å². The number of benzene rings is 1. The van der Waals surface area contributed by atoms with Crippen LogP contribution in [0, 0.1) is 0 Å². The van der Waals surface area contributed by atoms with Gasteiger partial charge in [0.15, 0.2) is 0 Å². The summed E-state index contributed by atoms with van der Waals surface area (Å²) in [5.74, 6) is 0.258. The zero-order valence-corrected chi connectivity index (χ0v) is 11.7. The van der Waals surface area contributed by atoms with E-state index in [1.165, 1.54) is 5.56 Å². The smallest absolute Gasteiger partial charge is 0.222 e. The van der Waals surface area contributed by atoms with Crippen molar-refractivity contribution in [2.45, 2.75) is 32.4 Å². The highest BCUT2D eigenvalue weighted by molar-refractivity contribution is 5.76. The highest BCUT2D eigenvalue weighted by Gasteiger charge is 2.24. The molecule has 0 radical (unpaired) electrons. The van der Waals surface area contributed by atoms with E-state index in [4.69, 9.17) is 0 Å². The van der Waals surface area contributed by atoms with Crippen LogP contribution in [-0.2, 0) is 11.3 Å². The van der Waals surface area contributed by atoms with Gasteiger partial charge in [-0.05, 0) is 24.1 Å². The normalized spacial score (nSPS) is 18.9. The molecular formula is C15H20N4O. The molecule has 1 aromatic carbocycles. The molecule has 0 spiro atoms. The van der Waals surface area contributed by atoms with Crippen molar-refractivity contribution in [1.82, 2.24) is 20.2 Å². The second-order valence-corrected chi connectivity index (χ2v) is 5.31. The van der Waals surface area contributed by atoms with Crippen LogP contribution in [0.4, 0.5) is 0 Å². The molecule has 5 nitrogen and oxygen atoms in total. The van der Waals surface area contributed by atoms with Gasteiger partial charge in [-0.25, -0.2) is 4.98 Å². The molecule has 1 aliphatic rings. The lowest BCUT2D eigenvalue weighted by molar-refractivity contribution is -0.129. The van der Waals surface area contributed by atoms with Crippen molar-refractivity contribution in [2.24, 2.45) is 0 Å². The molecule has 20 heavy (non-hydrogen) atoms. The summed E-state index contributed by atoms with van der Waals surface area (Å²) in [5, 5.41) is 3.54. The predicted octanol–water partition coefficient (Wildman–Crippen LogP) is 1.66. The molecular weight excluding hydrogens is 252 g/mol. The van der Waals surface area contributed by atoms with E-state index in [-0.39, 0.29) is 5.91 Å². The number of carbonyl (C=O) groups is 1. The Balaban J connectivity index is 1.56. The van der Waals surface area contributed by atoms with Gasteiger partial charge in [0.05, 0.1) is 17.4 Å². The minimum absolute atomic E-state index is 0.258. The number of likely N-dealkylation sites (tertiary alicyclic amines) is 1. The minimum Gasteiger partial charge on any atom is -0.345 e. The van der Waals surface area contributed by atoms with Crippen molar-refractivity contribution in [1.29, 1.82) is 0 Å². The molecule has 1 amide bonds. The zero-order valence-electron chi connectivity index (χ0n) is 11.7. The van der Waals surface area contributed by atoms with Crippen LogP contribution in [0.15, 0.2) is 24.5 Å². The summed E-state index contributed by atoms with van der Waals surface area (Å²) in [6, 6.07) is 6.66. The molecule has 0 aliphatic carbocycles. The lowest BCUT2D eigenvalue weighted by Gasteiger charge is -2.16. The molecule has 0 bridgehead atoms. The number of aromatic nitrogens is 2. The van der Waals surface area contributed by atoms with Crippen molar-refractivity contribution in [3.05, 3.63) is 30.1 Å². The van der Waals surface area contributed by atoms with Gasteiger partial charge in [0.25, 0.3) is 0 Å². The molecule has 1 aromatic heterocycles. The molecule has 1 fully saturated rings. The van der Waals surface area contributed by atoms with Gasteiger partial charge in [-0.2, -0.15) is 0 Å². The third-order valence-electron chi connectivity index (χ3n) is 3.92. The molecule has 2 N–H and O–H groups in total. The van der Waals surface area contributed by atoms with Crippen LogP contribution >= 0.6 is 0 Å². The number of nitrogens with zero attached hydrogens (tertiary/aromatic N) is 2. The molecule has 5 heteroatoms. The standard InChI is InChI=1S/C15H20N4O/c1-2-15(20)19-6-5-12(9-19)16-8-11-3-4-13-14(7-11)18-10-17-13/h3-4,7,10,12,16H,2,5-6,8-9H2,1H3,(H,17,18). The van der Waals surface area contributed by atoms with E-state index in [0.717, 1.165) is 37.1 Å². The molecule has 0 saturated carbocycles. The van der Waals surface area contributed by atoms with Crippen LogP contribution in [-0.4, -0.2) is 39.9 Å². The number of hydrogen-bond acceptors (Lipinski definition) is 3. The summed E-state index contributed by atoms with van der Waals surface area (Å²) in [6.07, 6.45) is 3.36. The minimum atomic E-state index is 0.258. The quantitative estimate of drug-likeness (QED) is 0.890. The Labute approximate surface area is 118 Å². The Kier molecular flexibility index (Phi) is 3.69. The molecule has 1 unspecified atom stereocenters. The maximum absolute atomic E-state index is 11.6. The topological polar surface area (TPSA) is 61.0 Å². The fourth-order valence-corrected chi connectivity index (χ4v) is 2.73. The molecule has 1 atom stereocenters. The summed E-state index contributed by atoms with van der Waals surface area (Å²) >= 11 is 0. The van der Waals surface area contributed by atoms with Gasteiger partial charge in [0, 0.05) is 32.1 Å². The van der Waals surface area contributed by atoms with Crippen molar-refractivity contribution in [3.63, 3.8) is 0 Å². The molecule has 3 rings (SSSR count). The van der Waals surface area contributed by atoms with Crippen LogP contribution in [0.25, 0.3) is 11.0 Å². The van der Waals surface area contributed by atoms with Gasteiger partial charge in [-0.1, -0.05) is 13.0 Å². The average molecular weight is 272 g/mol. The largest absolute Gasteiger partial charge is 0.345 e. The Bertz CT molecular complexity index is 607. The molecule has 2 heterocycles. The van der Waals surface area contributed by atoms with Crippen LogP contribution in [0.3, 0.4) is 0 Å². The van der Waals surface area contributed by atoms with Gasteiger partial charge < -0.3 is 15.2 Å². The second-order valence-electron chi connectivity index (χ2n) is 5.31. The van der Waals surface area contributed by atoms with Crippen molar-refractivity contribution < 1.29 is 4.79 Å². The number of hydrogen-bond donors (Lipinski definition) is 2. The summed E-state index contributed by atoms with van der Waals surface area (Å²) < 4.78 is 0. The van der Waals surface area contributed by atoms with E-state index in [1.54, 1.807) is 6.33 Å².